The van der Waals surface area contributed by atoms with Gasteiger partial charge in [0.15, 0.2) is 0 Å². The molecule has 238 valence electrons. The van der Waals surface area contributed by atoms with Gasteiger partial charge in [0.1, 0.15) is 0 Å². The van der Waals surface area contributed by atoms with Gasteiger partial charge >= 0.3 is 0 Å². The molecule has 2 nitrogen and oxygen atoms in total. The van der Waals surface area contributed by atoms with Crippen molar-refractivity contribution in [1.82, 2.24) is 9.13 Å². The lowest BCUT2D eigenvalue weighted by Crippen LogP contribution is -1.97. The number of fused-ring (bicyclic) bond motifs is 9. The van der Waals surface area contributed by atoms with E-state index in [-0.39, 0.29) is 0 Å². The predicted molar refractivity (Wildman–Crippen MR) is 214 cm³/mol. The number of para-hydroxylation sites is 3. The highest BCUT2D eigenvalue weighted by atomic mass is 15.0. The van der Waals surface area contributed by atoms with Crippen LogP contribution in [0.5, 0.6) is 0 Å². The summed E-state index contributed by atoms with van der Waals surface area (Å²) in [6.45, 7) is 2.26. The normalized spacial score (nSPS) is 11.9. The first-order chi connectivity index (χ1) is 24.8. The molecule has 2 heterocycles. The summed E-state index contributed by atoms with van der Waals surface area (Å²) in [5, 5.41) is 10.2. The summed E-state index contributed by atoms with van der Waals surface area (Å²) in [4.78, 5) is 0. The van der Waals surface area contributed by atoms with Crippen LogP contribution in [0.1, 0.15) is 25.3 Å². The van der Waals surface area contributed by atoms with Crippen molar-refractivity contribution in [3.63, 3.8) is 0 Å². The molecule has 0 saturated heterocycles. The van der Waals surface area contributed by atoms with Crippen LogP contribution in [0.3, 0.4) is 0 Å². The second-order valence-corrected chi connectivity index (χ2v) is 13.6. The van der Waals surface area contributed by atoms with E-state index in [0.717, 1.165) is 6.42 Å². The number of unbranched alkanes of at least 4 members (excludes halogenated alkanes) is 1. The highest BCUT2D eigenvalue weighted by Crippen LogP contribution is 2.43. The number of aryl methyl sites for hydroxylation is 1. The molecule has 0 aliphatic rings. The summed E-state index contributed by atoms with van der Waals surface area (Å²) >= 11 is 0. The van der Waals surface area contributed by atoms with Gasteiger partial charge in [0.25, 0.3) is 0 Å². The molecule has 2 heteroatoms. The molecule has 0 saturated carbocycles. The van der Waals surface area contributed by atoms with Gasteiger partial charge in [0.2, 0.25) is 0 Å². The molecular formula is C48H36N2. The molecule has 0 unspecified atom stereocenters. The van der Waals surface area contributed by atoms with Gasteiger partial charge in [-0.3, -0.25) is 0 Å². The first-order valence-corrected chi connectivity index (χ1v) is 17.8. The van der Waals surface area contributed by atoms with Crippen LogP contribution in [-0.2, 0) is 6.42 Å². The highest BCUT2D eigenvalue weighted by Gasteiger charge is 2.20. The second kappa shape index (κ2) is 11.5. The molecular weight excluding hydrogens is 605 g/mol. The molecule has 0 radical (unpaired) electrons. The molecule has 0 spiro atoms. The lowest BCUT2D eigenvalue weighted by molar-refractivity contribution is 0.796. The largest absolute Gasteiger partial charge is 0.309 e. The number of nitrogens with zero attached hydrogens (tertiary/aromatic N) is 2. The zero-order chi connectivity index (χ0) is 33.2. The van der Waals surface area contributed by atoms with Gasteiger partial charge < -0.3 is 9.13 Å². The third-order valence-electron chi connectivity index (χ3n) is 10.7. The van der Waals surface area contributed by atoms with E-state index in [2.05, 4.69) is 180 Å². The van der Waals surface area contributed by atoms with Crippen LogP contribution < -0.4 is 0 Å². The van der Waals surface area contributed by atoms with E-state index >= 15 is 0 Å². The fraction of sp³-hybridized carbons (Fsp3) is 0.0833. The van der Waals surface area contributed by atoms with Crippen LogP contribution in [0.2, 0.25) is 0 Å². The lowest BCUT2D eigenvalue weighted by atomic mass is 9.94. The van der Waals surface area contributed by atoms with E-state index in [1.54, 1.807) is 0 Å². The Bertz CT molecular complexity index is 2900. The van der Waals surface area contributed by atoms with Crippen molar-refractivity contribution in [2.75, 3.05) is 0 Å². The summed E-state index contributed by atoms with van der Waals surface area (Å²) in [6.07, 6.45) is 3.55. The van der Waals surface area contributed by atoms with E-state index < -0.39 is 0 Å². The number of hydrogen-bond acceptors (Lipinski definition) is 0. The first kappa shape index (κ1) is 28.9. The molecule has 0 aliphatic heterocycles. The van der Waals surface area contributed by atoms with Crippen molar-refractivity contribution in [3.05, 3.63) is 169 Å². The van der Waals surface area contributed by atoms with Gasteiger partial charge in [-0.25, -0.2) is 0 Å². The van der Waals surface area contributed by atoms with E-state index in [1.165, 1.54) is 106 Å². The fourth-order valence-electron chi connectivity index (χ4n) is 8.36. The quantitative estimate of drug-likeness (QED) is 0.171. The molecule has 10 rings (SSSR count). The van der Waals surface area contributed by atoms with Crippen LogP contribution in [0, 0.1) is 0 Å². The Morgan fingerprint density at radius 2 is 1.12 bits per heavy atom. The lowest BCUT2D eigenvalue weighted by Gasteiger charge is -2.15. The second-order valence-electron chi connectivity index (χ2n) is 13.6. The van der Waals surface area contributed by atoms with Gasteiger partial charge in [0.05, 0.1) is 27.8 Å². The average Bonchev–Trinajstić information content (AvgIpc) is 3.69. The molecule has 0 amide bonds. The van der Waals surface area contributed by atoms with Crippen molar-refractivity contribution in [2.24, 2.45) is 0 Å². The highest BCUT2D eigenvalue weighted by molar-refractivity contribution is 6.23. The van der Waals surface area contributed by atoms with Crippen molar-refractivity contribution >= 4 is 65.2 Å². The molecule has 0 N–H and O–H groups in total. The van der Waals surface area contributed by atoms with Crippen molar-refractivity contribution in [1.29, 1.82) is 0 Å². The number of benzene rings is 8. The number of rotatable bonds is 6. The summed E-state index contributed by atoms with van der Waals surface area (Å²) in [7, 11) is 0. The Hall–Kier alpha value is -6.12. The van der Waals surface area contributed by atoms with Crippen molar-refractivity contribution in [2.45, 2.75) is 26.2 Å². The maximum absolute atomic E-state index is 2.52. The Kier molecular flexibility index (Phi) is 6.63. The Morgan fingerprint density at radius 1 is 0.440 bits per heavy atom. The average molecular weight is 641 g/mol. The summed E-state index contributed by atoms with van der Waals surface area (Å²) in [5.74, 6) is 0. The number of hydrogen-bond donors (Lipinski definition) is 0. The topological polar surface area (TPSA) is 9.86 Å². The molecule has 0 fully saturated rings. The monoisotopic (exact) mass is 640 g/mol. The summed E-state index contributed by atoms with van der Waals surface area (Å²) in [5.41, 5.74) is 11.2. The van der Waals surface area contributed by atoms with Crippen LogP contribution in [0.15, 0.2) is 164 Å². The zero-order valence-corrected chi connectivity index (χ0v) is 28.1. The van der Waals surface area contributed by atoms with Gasteiger partial charge in [-0.05, 0) is 88.8 Å². The first-order valence-electron chi connectivity index (χ1n) is 17.8. The van der Waals surface area contributed by atoms with Crippen LogP contribution in [0.25, 0.3) is 87.7 Å². The molecule has 0 atom stereocenters. The molecule has 8 aromatic carbocycles. The molecule has 2 aromatic heterocycles. The smallest absolute Gasteiger partial charge is 0.0620 e. The minimum atomic E-state index is 1.12. The van der Waals surface area contributed by atoms with Crippen LogP contribution in [0.4, 0.5) is 0 Å². The van der Waals surface area contributed by atoms with Gasteiger partial charge in [-0.2, -0.15) is 0 Å². The van der Waals surface area contributed by atoms with Gasteiger partial charge in [0, 0.05) is 38.0 Å². The third kappa shape index (κ3) is 4.35. The maximum atomic E-state index is 2.52. The predicted octanol–water partition coefficient (Wildman–Crippen LogP) is 13.2. The van der Waals surface area contributed by atoms with E-state index in [0.29, 0.717) is 0 Å². The van der Waals surface area contributed by atoms with Gasteiger partial charge in [-0.15, -0.1) is 0 Å². The Labute approximate surface area is 291 Å². The molecule has 50 heavy (non-hydrogen) atoms. The van der Waals surface area contributed by atoms with Crippen molar-refractivity contribution < 1.29 is 0 Å². The Balaban J connectivity index is 1.25. The van der Waals surface area contributed by atoms with Crippen molar-refractivity contribution in [3.8, 4) is 22.5 Å². The standard InChI is InChI=1S/C48H36N2/c1-2-3-14-32-25-27-36-33(29-32)15-13-24-44(36)50-46-23-12-10-20-39(46)43-31-41(37-18-7-8-21-40(37)48(43)50)34-26-28-47-42(30-34)38-19-9-11-22-45(38)49(47)35-16-5-4-6-17-35/h4-13,15-31H,2-3,14H2,1H3. The minimum absolute atomic E-state index is 1.12. The van der Waals surface area contributed by atoms with E-state index in [9.17, 15) is 0 Å². The molecule has 10 aromatic rings. The van der Waals surface area contributed by atoms with E-state index in [4.69, 9.17) is 0 Å². The number of aromatic nitrogens is 2. The molecule has 0 aliphatic carbocycles. The zero-order valence-electron chi connectivity index (χ0n) is 28.1. The maximum Gasteiger partial charge on any atom is 0.0620 e. The Morgan fingerprint density at radius 3 is 1.92 bits per heavy atom. The SMILES string of the molecule is CCCCc1ccc2c(-n3c4ccccc4c4cc(-c5ccc6c(c5)c5ccccc5n6-c5ccccc5)c5ccccc5c43)cccc2c1. The van der Waals surface area contributed by atoms with Crippen LogP contribution in [-0.4, -0.2) is 9.13 Å². The van der Waals surface area contributed by atoms with E-state index in [1.807, 2.05) is 0 Å². The summed E-state index contributed by atoms with van der Waals surface area (Å²) in [6, 6.07) is 60.7. The summed E-state index contributed by atoms with van der Waals surface area (Å²) < 4.78 is 4.90. The van der Waals surface area contributed by atoms with Crippen LogP contribution >= 0.6 is 0 Å². The molecule has 0 bridgehead atoms. The minimum Gasteiger partial charge on any atom is -0.309 e. The third-order valence-corrected chi connectivity index (χ3v) is 10.7. The van der Waals surface area contributed by atoms with Gasteiger partial charge in [-0.1, -0.05) is 129 Å². The fourth-order valence-corrected chi connectivity index (χ4v) is 8.36.